The Labute approximate surface area is 185 Å². The highest BCUT2D eigenvalue weighted by Crippen LogP contribution is 2.20. The van der Waals surface area contributed by atoms with Crippen LogP contribution in [-0.2, 0) is 4.79 Å². The van der Waals surface area contributed by atoms with Gasteiger partial charge in [-0.3, -0.25) is 9.59 Å². The summed E-state index contributed by atoms with van der Waals surface area (Å²) < 4.78 is 0. The van der Waals surface area contributed by atoms with Crippen LogP contribution in [0.25, 0.3) is 10.8 Å². The van der Waals surface area contributed by atoms with Crippen molar-refractivity contribution in [2.45, 2.75) is 0 Å². The molecule has 154 valence electrons. The van der Waals surface area contributed by atoms with Crippen LogP contribution in [0.3, 0.4) is 0 Å². The molecule has 6 heteroatoms. The number of amides is 2. The molecule has 0 aliphatic carbocycles. The number of nitrogens with one attached hydrogen (secondary N) is 3. The Morgan fingerprint density at radius 2 is 1.39 bits per heavy atom. The van der Waals surface area contributed by atoms with Crippen LogP contribution in [0.4, 0.5) is 17.1 Å². The maximum Gasteiger partial charge on any atom is 0.257 e. The van der Waals surface area contributed by atoms with Crippen molar-refractivity contribution in [2.24, 2.45) is 0 Å². The molecule has 4 aromatic rings. The third kappa shape index (κ3) is 5.21. The molecule has 0 fully saturated rings. The average Bonchev–Trinajstić information content (AvgIpc) is 2.79. The summed E-state index contributed by atoms with van der Waals surface area (Å²) in [6.07, 6.45) is 0. The highest BCUT2D eigenvalue weighted by molar-refractivity contribution is 6.30. The van der Waals surface area contributed by atoms with Crippen LogP contribution in [-0.4, -0.2) is 18.4 Å². The van der Waals surface area contributed by atoms with E-state index >= 15 is 0 Å². The van der Waals surface area contributed by atoms with Crippen LogP contribution in [0.2, 0.25) is 5.02 Å². The number of benzene rings is 4. The molecule has 0 aliphatic rings. The molecular weight excluding hydrogens is 410 g/mol. The molecule has 0 spiro atoms. The maximum absolute atomic E-state index is 12.7. The van der Waals surface area contributed by atoms with E-state index in [1.165, 1.54) is 0 Å². The Bertz CT molecular complexity index is 1240. The first-order valence-electron chi connectivity index (χ1n) is 9.77. The molecule has 0 heterocycles. The number of rotatable bonds is 6. The Morgan fingerprint density at radius 1 is 0.710 bits per heavy atom. The lowest BCUT2D eigenvalue weighted by molar-refractivity contribution is -0.114. The summed E-state index contributed by atoms with van der Waals surface area (Å²) in [5.74, 6) is -0.483. The molecular formula is C25H20ClN3O2. The molecule has 0 radical (unpaired) electrons. The molecule has 0 saturated heterocycles. The highest BCUT2D eigenvalue weighted by atomic mass is 35.5. The van der Waals surface area contributed by atoms with Crippen molar-refractivity contribution in [3.8, 4) is 0 Å². The quantitative estimate of drug-likeness (QED) is 0.363. The Balaban J connectivity index is 1.40. The summed E-state index contributed by atoms with van der Waals surface area (Å²) in [6, 6.07) is 27.6. The number of anilines is 3. The summed E-state index contributed by atoms with van der Waals surface area (Å²) in [5, 5.41) is 11.5. The van der Waals surface area contributed by atoms with Crippen molar-refractivity contribution >= 4 is 51.2 Å². The van der Waals surface area contributed by atoms with Gasteiger partial charge in [0.05, 0.1) is 12.1 Å². The van der Waals surface area contributed by atoms with Gasteiger partial charge in [-0.2, -0.15) is 0 Å². The minimum absolute atomic E-state index is 0.0259. The number of hydrogen-bond donors (Lipinski definition) is 3. The molecule has 4 aromatic carbocycles. The van der Waals surface area contributed by atoms with E-state index in [-0.39, 0.29) is 18.4 Å². The van der Waals surface area contributed by atoms with Gasteiger partial charge in [-0.15, -0.1) is 0 Å². The zero-order chi connectivity index (χ0) is 21.6. The van der Waals surface area contributed by atoms with Gasteiger partial charge >= 0.3 is 0 Å². The van der Waals surface area contributed by atoms with Crippen molar-refractivity contribution < 1.29 is 9.59 Å². The lowest BCUT2D eigenvalue weighted by Gasteiger charge is -2.13. The molecule has 5 nitrogen and oxygen atoms in total. The highest BCUT2D eigenvalue weighted by Gasteiger charge is 2.12. The van der Waals surface area contributed by atoms with Crippen molar-refractivity contribution in [1.82, 2.24) is 0 Å². The van der Waals surface area contributed by atoms with Gasteiger partial charge in [-0.05, 0) is 59.3 Å². The number of carbonyl (C=O) groups excluding carboxylic acids is 2. The van der Waals surface area contributed by atoms with E-state index in [1.807, 2.05) is 48.5 Å². The van der Waals surface area contributed by atoms with Crippen LogP contribution in [0.1, 0.15) is 10.4 Å². The molecule has 0 unspecified atom stereocenters. The first-order chi connectivity index (χ1) is 15.1. The van der Waals surface area contributed by atoms with Gasteiger partial charge in [0, 0.05) is 22.1 Å². The molecule has 0 atom stereocenters. The van der Waals surface area contributed by atoms with Crippen molar-refractivity contribution in [3.63, 3.8) is 0 Å². The number of fused-ring (bicyclic) bond motifs is 1. The van der Waals surface area contributed by atoms with Crippen LogP contribution in [0, 0.1) is 0 Å². The Kier molecular flexibility index (Phi) is 6.15. The fourth-order valence-corrected chi connectivity index (χ4v) is 3.34. The van der Waals surface area contributed by atoms with E-state index in [0.717, 1.165) is 16.5 Å². The van der Waals surface area contributed by atoms with Gasteiger partial charge in [0.15, 0.2) is 0 Å². The molecule has 4 rings (SSSR count). The smallest absolute Gasteiger partial charge is 0.257 e. The summed E-state index contributed by atoms with van der Waals surface area (Å²) in [4.78, 5) is 25.1. The fraction of sp³-hybridized carbons (Fsp3) is 0.0400. The minimum atomic E-state index is -0.277. The van der Waals surface area contributed by atoms with Gasteiger partial charge in [0.2, 0.25) is 5.91 Å². The van der Waals surface area contributed by atoms with E-state index in [2.05, 4.69) is 16.0 Å². The van der Waals surface area contributed by atoms with Crippen LogP contribution in [0.15, 0.2) is 91.0 Å². The molecule has 2 amide bonds. The van der Waals surface area contributed by atoms with Gasteiger partial charge in [-0.25, -0.2) is 0 Å². The van der Waals surface area contributed by atoms with Crippen LogP contribution in [0.5, 0.6) is 0 Å². The second-order valence-electron chi connectivity index (χ2n) is 6.97. The Hall–Kier alpha value is -3.83. The fourth-order valence-electron chi connectivity index (χ4n) is 3.21. The largest absolute Gasteiger partial charge is 0.376 e. The van der Waals surface area contributed by atoms with Crippen molar-refractivity contribution in [3.05, 3.63) is 102 Å². The summed E-state index contributed by atoms with van der Waals surface area (Å²) in [6.45, 7) is 0.0259. The second kappa shape index (κ2) is 9.32. The minimum Gasteiger partial charge on any atom is -0.376 e. The molecule has 0 saturated carbocycles. The number of para-hydroxylation sites is 1. The van der Waals surface area contributed by atoms with Crippen molar-refractivity contribution in [1.29, 1.82) is 0 Å². The third-order valence-electron chi connectivity index (χ3n) is 4.75. The number of hydrogen-bond acceptors (Lipinski definition) is 3. The molecule has 0 aliphatic heterocycles. The third-order valence-corrected chi connectivity index (χ3v) is 5.00. The summed E-state index contributed by atoms with van der Waals surface area (Å²) >= 11 is 5.89. The van der Waals surface area contributed by atoms with Crippen molar-refractivity contribution in [2.75, 3.05) is 22.5 Å². The van der Waals surface area contributed by atoms with Gasteiger partial charge < -0.3 is 16.0 Å². The number of halogens is 1. The standard InChI is InChI=1S/C25H20ClN3O2/c26-19-10-13-20(14-11-19)29-25(31)22-7-3-4-8-23(22)27-16-24(30)28-21-12-9-17-5-1-2-6-18(17)15-21/h1-15,27H,16H2,(H,28,30)(H,29,31). The summed E-state index contributed by atoms with van der Waals surface area (Å²) in [5.41, 5.74) is 2.37. The second-order valence-corrected chi connectivity index (χ2v) is 7.41. The molecule has 31 heavy (non-hydrogen) atoms. The van der Waals surface area contributed by atoms with E-state index in [4.69, 9.17) is 11.6 Å². The topological polar surface area (TPSA) is 70.2 Å². The zero-order valence-electron chi connectivity index (χ0n) is 16.6. The average molecular weight is 430 g/mol. The van der Waals surface area contributed by atoms with Gasteiger partial charge in [-0.1, -0.05) is 54.1 Å². The predicted octanol–water partition coefficient (Wildman–Crippen LogP) is 5.80. The van der Waals surface area contributed by atoms with E-state index in [1.54, 1.807) is 42.5 Å². The molecule has 0 bridgehead atoms. The molecule has 0 aromatic heterocycles. The summed E-state index contributed by atoms with van der Waals surface area (Å²) in [7, 11) is 0. The Morgan fingerprint density at radius 3 is 2.19 bits per heavy atom. The zero-order valence-corrected chi connectivity index (χ0v) is 17.3. The normalized spacial score (nSPS) is 10.5. The van der Waals surface area contributed by atoms with E-state index < -0.39 is 0 Å². The van der Waals surface area contributed by atoms with E-state index in [0.29, 0.717) is 22.0 Å². The lowest BCUT2D eigenvalue weighted by atomic mass is 10.1. The van der Waals surface area contributed by atoms with Crippen LogP contribution < -0.4 is 16.0 Å². The maximum atomic E-state index is 12.7. The predicted molar refractivity (Wildman–Crippen MR) is 127 cm³/mol. The van der Waals surface area contributed by atoms with E-state index in [9.17, 15) is 9.59 Å². The first kappa shape index (κ1) is 20.4. The lowest BCUT2D eigenvalue weighted by Crippen LogP contribution is -2.23. The SMILES string of the molecule is O=C(CNc1ccccc1C(=O)Nc1ccc(Cl)cc1)Nc1ccc2ccccc2c1. The van der Waals surface area contributed by atoms with Gasteiger partial charge in [0.1, 0.15) is 0 Å². The van der Waals surface area contributed by atoms with Crippen LogP contribution >= 0.6 is 11.6 Å². The van der Waals surface area contributed by atoms with Gasteiger partial charge in [0.25, 0.3) is 5.91 Å². The monoisotopic (exact) mass is 429 g/mol. The first-order valence-corrected chi connectivity index (χ1v) is 10.1. The number of carbonyl (C=O) groups is 2. The molecule has 3 N–H and O–H groups in total.